The molecule has 0 radical (unpaired) electrons. The topological polar surface area (TPSA) is 74.1 Å². The SMILES string of the molecule is [N-]=[N+]=NCc1cnc(CN2CCOCC2)s1. The van der Waals surface area contributed by atoms with Crippen LogP contribution in [0, 0.1) is 0 Å². The van der Waals surface area contributed by atoms with Crippen LogP contribution < -0.4 is 0 Å². The highest BCUT2D eigenvalue weighted by Gasteiger charge is 2.12. The van der Waals surface area contributed by atoms with Crippen molar-refractivity contribution in [3.05, 3.63) is 26.5 Å². The summed E-state index contributed by atoms with van der Waals surface area (Å²) in [6, 6.07) is 0. The van der Waals surface area contributed by atoms with E-state index < -0.39 is 0 Å². The monoisotopic (exact) mass is 239 g/mol. The zero-order chi connectivity index (χ0) is 11.2. The van der Waals surface area contributed by atoms with Gasteiger partial charge in [-0.25, -0.2) is 4.98 Å². The standard InChI is InChI=1S/C9H13N5OS/c10-13-12-6-8-5-11-9(16-8)7-14-1-3-15-4-2-14/h5H,1-4,6-7H2. The average molecular weight is 239 g/mol. The average Bonchev–Trinajstić information content (AvgIpc) is 2.75. The molecule has 16 heavy (non-hydrogen) atoms. The zero-order valence-electron chi connectivity index (χ0n) is 8.87. The highest BCUT2D eigenvalue weighted by atomic mass is 32.1. The molecule has 0 amide bonds. The van der Waals surface area contributed by atoms with E-state index in [9.17, 15) is 0 Å². The Bertz CT molecular complexity index is 381. The number of ether oxygens (including phenoxy) is 1. The van der Waals surface area contributed by atoms with Crippen molar-refractivity contribution in [3.63, 3.8) is 0 Å². The predicted octanol–water partition coefficient (Wildman–Crippen LogP) is 1.79. The van der Waals surface area contributed by atoms with E-state index in [4.69, 9.17) is 10.3 Å². The van der Waals surface area contributed by atoms with Gasteiger partial charge in [-0.1, -0.05) is 5.11 Å². The molecule has 7 heteroatoms. The van der Waals surface area contributed by atoms with Crippen LogP contribution in [-0.4, -0.2) is 36.2 Å². The minimum absolute atomic E-state index is 0.400. The fourth-order valence-corrected chi connectivity index (χ4v) is 2.43. The van der Waals surface area contributed by atoms with Gasteiger partial charge >= 0.3 is 0 Å². The molecule has 6 nitrogen and oxygen atoms in total. The van der Waals surface area contributed by atoms with Crippen LogP contribution in [0.25, 0.3) is 10.4 Å². The Morgan fingerprint density at radius 1 is 1.56 bits per heavy atom. The Balaban J connectivity index is 1.88. The van der Waals surface area contributed by atoms with Gasteiger partial charge < -0.3 is 4.74 Å². The van der Waals surface area contributed by atoms with Crippen molar-refractivity contribution < 1.29 is 4.74 Å². The minimum atomic E-state index is 0.400. The molecule has 86 valence electrons. The first-order valence-electron chi connectivity index (χ1n) is 5.13. The van der Waals surface area contributed by atoms with E-state index in [1.165, 1.54) is 0 Å². The molecule has 0 bridgehead atoms. The highest BCUT2D eigenvalue weighted by Crippen LogP contribution is 2.16. The quantitative estimate of drug-likeness (QED) is 0.456. The molecule has 1 saturated heterocycles. The van der Waals surface area contributed by atoms with Crippen LogP contribution in [-0.2, 0) is 17.8 Å². The van der Waals surface area contributed by atoms with Gasteiger partial charge in [0.25, 0.3) is 0 Å². The second-order valence-corrected chi connectivity index (χ2v) is 4.70. The first kappa shape index (κ1) is 11.3. The number of aromatic nitrogens is 1. The Morgan fingerprint density at radius 2 is 2.38 bits per heavy atom. The Kier molecular flexibility index (Phi) is 4.12. The minimum Gasteiger partial charge on any atom is -0.379 e. The lowest BCUT2D eigenvalue weighted by molar-refractivity contribution is 0.0341. The van der Waals surface area contributed by atoms with E-state index in [0.717, 1.165) is 42.7 Å². The van der Waals surface area contributed by atoms with Gasteiger partial charge in [0.05, 0.1) is 26.3 Å². The second-order valence-electron chi connectivity index (χ2n) is 3.50. The van der Waals surface area contributed by atoms with Crippen LogP contribution >= 0.6 is 11.3 Å². The molecule has 0 N–H and O–H groups in total. The van der Waals surface area contributed by atoms with Gasteiger partial charge in [0, 0.05) is 29.1 Å². The molecule has 1 fully saturated rings. The zero-order valence-corrected chi connectivity index (χ0v) is 9.69. The molecular formula is C9H13N5OS. The van der Waals surface area contributed by atoms with Gasteiger partial charge in [-0.05, 0) is 5.53 Å². The molecule has 2 rings (SSSR count). The molecule has 1 aliphatic heterocycles. The fraction of sp³-hybridized carbons (Fsp3) is 0.667. The smallest absolute Gasteiger partial charge is 0.107 e. The Hall–Kier alpha value is -1.14. The molecule has 1 aromatic rings. The van der Waals surface area contributed by atoms with Crippen molar-refractivity contribution in [2.24, 2.45) is 5.11 Å². The van der Waals surface area contributed by atoms with E-state index in [-0.39, 0.29) is 0 Å². The second kappa shape index (κ2) is 5.81. The van der Waals surface area contributed by atoms with E-state index >= 15 is 0 Å². The molecule has 2 heterocycles. The van der Waals surface area contributed by atoms with Crippen molar-refractivity contribution in [1.29, 1.82) is 0 Å². The van der Waals surface area contributed by atoms with Gasteiger partial charge in [-0.3, -0.25) is 4.90 Å². The number of thiazole rings is 1. The molecule has 0 spiro atoms. The number of rotatable bonds is 4. The first-order valence-corrected chi connectivity index (χ1v) is 5.94. The lowest BCUT2D eigenvalue weighted by Crippen LogP contribution is -2.35. The van der Waals surface area contributed by atoms with Crippen molar-refractivity contribution in [3.8, 4) is 0 Å². The summed E-state index contributed by atoms with van der Waals surface area (Å²) in [6.07, 6.45) is 1.79. The number of azide groups is 1. The third-order valence-electron chi connectivity index (χ3n) is 2.35. The molecule has 0 atom stereocenters. The molecule has 0 unspecified atom stereocenters. The lowest BCUT2D eigenvalue weighted by atomic mass is 10.4. The molecule has 0 aliphatic carbocycles. The van der Waals surface area contributed by atoms with E-state index in [1.54, 1.807) is 17.5 Å². The first-order chi connectivity index (χ1) is 7.88. The molecule has 0 aromatic carbocycles. The maximum absolute atomic E-state index is 8.22. The molecular weight excluding hydrogens is 226 g/mol. The third-order valence-corrected chi connectivity index (χ3v) is 3.32. The van der Waals surface area contributed by atoms with Gasteiger partial charge in [0.1, 0.15) is 5.01 Å². The largest absolute Gasteiger partial charge is 0.379 e. The normalized spacial score (nSPS) is 17.0. The van der Waals surface area contributed by atoms with Gasteiger partial charge in [0.15, 0.2) is 0 Å². The van der Waals surface area contributed by atoms with Crippen molar-refractivity contribution in [2.75, 3.05) is 26.3 Å². The summed E-state index contributed by atoms with van der Waals surface area (Å²) in [4.78, 5) is 10.4. The summed E-state index contributed by atoms with van der Waals surface area (Å²) in [5.74, 6) is 0. The maximum Gasteiger partial charge on any atom is 0.107 e. The van der Waals surface area contributed by atoms with Crippen LogP contribution in [0.1, 0.15) is 9.88 Å². The maximum atomic E-state index is 8.22. The van der Waals surface area contributed by atoms with Crippen molar-refractivity contribution in [1.82, 2.24) is 9.88 Å². The summed E-state index contributed by atoms with van der Waals surface area (Å²) in [7, 11) is 0. The number of nitrogens with zero attached hydrogens (tertiary/aromatic N) is 5. The number of hydrogen-bond acceptors (Lipinski definition) is 5. The molecule has 0 saturated carbocycles. The van der Waals surface area contributed by atoms with Gasteiger partial charge in [-0.2, -0.15) is 0 Å². The van der Waals surface area contributed by atoms with Crippen LogP contribution in [0.2, 0.25) is 0 Å². The van der Waals surface area contributed by atoms with Gasteiger partial charge in [-0.15, -0.1) is 11.3 Å². The van der Waals surface area contributed by atoms with E-state index in [0.29, 0.717) is 6.54 Å². The predicted molar refractivity (Wildman–Crippen MR) is 61.1 cm³/mol. The lowest BCUT2D eigenvalue weighted by Gasteiger charge is -2.25. The van der Waals surface area contributed by atoms with E-state index in [1.807, 2.05) is 0 Å². The summed E-state index contributed by atoms with van der Waals surface area (Å²) in [5, 5.41) is 4.59. The van der Waals surface area contributed by atoms with E-state index in [2.05, 4.69) is 19.9 Å². The Morgan fingerprint density at radius 3 is 3.12 bits per heavy atom. The summed E-state index contributed by atoms with van der Waals surface area (Å²) < 4.78 is 5.28. The van der Waals surface area contributed by atoms with Crippen LogP contribution in [0.3, 0.4) is 0 Å². The molecule has 1 aromatic heterocycles. The summed E-state index contributed by atoms with van der Waals surface area (Å²) in [6.45, 7) is 4.80. The van der Waals surface area contributed by atoms with Crippen LogP contribution in [0.4, 0.5) is 0 Å². The fourth-order valence-electron chi connectivity index (χ4n) is 1.55. The van der Waals surface area contributed by atoms with Gasteiger partial charge in [0.2, 0.25) is 0 Å². The number of hydrogen-bond donors (Lipinski definition) is 0. The number of morpholine rings is 1. The summed E-state index contributed by atoms with van der Waals surface area (Å²) >= 11 is 1.61. The van der Waals surface area contributed by atoms with Crippen LogP contribution in [0.5, 0.6) is 0 Å². The molecule has 1 aliphatic rings. The third kappa shape index (κ3) is 3.18. The van der Waals surface area contributed by atoms with Crippen molar-refractivity contribution in [2.45, 2.75) is 13.1 Å². The van der Waals surface area contributed by atoms with Crippen LogP contribution in [0.15, 0.2) is 11.3 Å². The highest BCUT2D eigenvalue weighted by molar-refractivity contribution is 7.11. The van der Waals surface area contributed by atoms with Crippen molar-refractivity contribution >= 4 is 11.3 Å². The summed E-state index contributed by atoms with van der Waals surface area (Å²) in [5.41, 5.74) is 8.22. The Labute approximate surface area is 97.5 Å².